The van der Waals surface area contributed by atoms with E-state index >= 15 is 0 Å². The van der Waals surface area contributed by atoms with Gasteiger partial charge < -0.3 is 19.8 Å². The summed E-state index contributed by atoms with van der Waals surface area (Å²) in [5.41, 5.74) is 0. The predicted octanol–water partition coefficient (Wildman–Crippen LogP) is 1.80. The van der Waals surface area contributed by atoms with Crippen molar-refractivity contribution in [1.82, 2.24) is 0 Å². The van der Waals surface area contributed by atoms with Crippen molar-refractivity contribution in [3.8, 4) is 0 Å². The summed E-state index contributed by atoms with van der Waals surface area (Å²) in [4.78, 5) is 19.9. The Bertz CT molecular complexity index is 326. The summed E-state index contributed by atoms with van der Waals surface area (Å²) in [6.45, 7) is 3.77. The van der Waals surface area contributed by atoms with E-state index in [-0.39, 0.29) is 61.3 Å². The maximum Gasteiger partial charge on any atom is 2.00 e. The SMILES string of the molecule is C/C=C/C(Cl)CCCC(=O)[O-].C/C=C/C(Cl)CCCC(=O)[O-].[Ca+2]. The van der Waals surface area contributed by atoms with Gasteiger partial charge in [0.25, 0.3) is 0 Å². The van der Waals surface area contributed by atoms with E-state index < -0.39 is 11.9 Å². The van der Waals surface area contributed by atoms with Crippen LogP contribution in [0.4, 0.5) is 0 Å². The van der Waals surface area contributed by atoms with E-state index in [9.17, 15) is 19.8 Å². The zero-order valence-electron chi connectivity index (χ0n) is 13.8. The molecule has 2 atom stereocenters. The first-order valence-corrected chi connectivity index (χ1v) is 8.14. The molecule has 4 nitrogen and oxygen atoms in total. The summed E-state index contributed by atoms with van der Waals surface area (Å²) in [6, 6.07) is 0. The minimum absolute atomic E-state index is 0. The molecule has 23 heavy (non-hydrogen) atoms. The van der Waals surface area contributed by atoms with Gasteiger partial charge in [-0.3, -0.25) is 0 Å². The first-order chi connectivity index (χ1) is 10.3. The Balaban J connectivity index is -0.000000333. The molecule has 0 aromatic carbocycles. The van der Waals surface area contributed by atoms with Crippen molar-refractivity contribution in [2.24, 2.45) is 0 Å². The Hall–Kier alpha value is 0.260. The fourth-order valence-electron chi connectivity index (χ4n) is 1.49. The molecule has 7 heteroatoms. The second-order valence-corrected chi connectivity index (χ2v) is 5.73. The molecular weight excluding hydrogens is 367 g/mol. The second kappa shape index (κ2) is 20.3. The van der Waals surface area contributed by atoms with Gasteiger partial charge in [0.2, 0.25) is 0 Å². The Morgan fingerprint density at radius 2 is 1.17 bits per heavy atom. The molecule has 0 heterocycles. The number of carbonyl (C=O) groups is 2. The van der Waals surface area contributed by atoms with Gasteiger partial charge in [0, 0.05) is 11.9 Å². The maximum absolute atomic E-state index is 9.97. The Kier molecular flexibility index (Phi) is 24.8. The van der Waals surface area contributed by atoms with E-state index in [0.29, 0.717) is 25.7 Å². The molecule has 0 spiro atoms. The number of hydrogen-bond acceptors (Lipinski definition) is 4. The summed E-state index contributed by atoms with van der Waals surface area (Å²) in [5, 5.41) is 19.8. The van der Waals surface area contributed by atoms with Crippen molar-refractivity contribution in [3.63, 3.8) is 0 Å². The second-order valence-electron chi connectivity index (χ2n) is 4.61. The maximum atomic E-state index is 9.97. The van der Waals surface area contributed by atoms with E-state index in [1.165, 1.54) is 0 Å². The van der Waals surface area contributed by atoms with Crippen molar-refractivity contribution in [2.45, 2.75) is 63.1 Å². The summed E-state index contributed by atoms with van der Waals surface area (Å²) in [6.07, 6.45) is 10.2. The molecule has 0 fully saturated rings. The molecule has 0 aliphatic rings. The molecule has 0 N–H and O–H groups in total. The van der Waals surface area contributed by atoms with Crippen LogP contribution in [0.1, 0.15) is 52.4 Å². The number of carboxylic acid groups (broad SMARTS) is 2. The van der Waals surface area contributed by atoms with Gasteiger partial charge in [-0.2, -0.15) is 0 Å². The molecule has 0 bridgehead atoms. The Morgan fingerprint density at radius 3 is 1.39 bits per heavy atom. The molecule has 0 aromatic rings. The van der Waals surface area contributed by atoms with E-state index in [4.69, 9.17) is 23.2 Å². The van der Waals surface area contributed by atoms with Crippen LogP contribution in [0.2, 0.25) is 0 Å². The summed E-state index contributed by atoms with van der Waals surface area (Å²) in [5.74, 6) is -2.01. The molecule has 2 unspecified atom stereocenters. The molecule has 0 rings (SSSR count). The van der Waals surface area contributed by atoms with Gasteiger partial charge in [0.1, 0.15) is 0 Å². The molecule has 0 radical (unpaired) electrons. The van der Waals surface area contributed by atoms with Crippen LogP contribution >= 0.6 is 23.2 Å². The van der Waals surface area contributed by atoms with E-state index in [1.54, 1.807) is 0 Å². The summed E-state index contributed by atoms with van der Waals surface area (Å²) < 4.78 is 0. The molecule has 0 aliphatic heterocycles. The van der Waals surface area contributed by atoms with Gasteiger partial charge in [-0.05, 0) is 52.4 Å². The van der Waals surface area contributed by atoms with Gasteiger partial charge in [-0.25, -0.2) is 0 Å². The monoisotopic (exact) mass is 390 g/mol. The number of aliphatic carboxylic acids is 2. The number of allylic oxidation sites excluding steroid dienone is 4. The van der Waals surface area contributed by atoms with Crippen LogP contribution in [0.3, 0.4) is 0 Å². The van der Waals surface area contributed by atoms with Crippen molar-refractivity contribution < 1.29 is 19.8 Å². The topological polar surface area (TPSA) is 80.3 Å². The average molecular weight is 391 g/mol. The number of carbonyl (C=O) groups excluding carboxylic acids is 2. The summed E-state index contributed by atoms with van der Waals surface area (Å²) in [7, 11) is 0. The normalized spacial score (nSPS) is 13.0. The van der Waals surface area contributed by atoms with Crippen LogP contribution in [-0.4, -0.2) is 60.4 Å². The molecule has 128 valence electrons. The van der Waals surface area contributed by atoms with Crippen molar-refractivity contribution in [1.29, 1.82) is 0 Å². The molecular formula is C16H24CaCl2O4. The molecule has 0 saturated heterocycles. The van der Waals surface area contributed by atoms with Crippen LogP contribution in [0.5, 0.6) is 0 Å². The van der Waals surface area contributed by atoms with Crippen molar-refractivity contribution in [2.75, 3.05) is 0 Å². The largest absolute Gasteiger partial charge is 2.00 e. The zero-order valence-corrected chi connectivity index (χ0v) is 17.5. The molecule has 0 saturated carbocycles. The van der Waals surface area contributed by atoms with Gasteiger partial charge in [-0.1, -0.05) is 24.3 Å². The van der Waals surface area contributed by atoms with Crippen molar-refractivity contribution in [3.05, 3.63) is 24.3 Å². The third-order valence-electron chi connectivity index (χ3n) is 2.52. The van der Waals surface area contributed by atoms with Gasteiger partial charge in [0.15, 0.2) is 0 Å². The molecule has 0 amide bonds. The standard InChI is InChI=1S/2C8H13ClO2.Ca/c2*1-2-4-7(9)5-3-6-8(10)11;/h2*2,4,7H,3,5-6H2,1H3,(H,10,11);/q;;+2/p-2/b2*4-2+;. The quantitative estimate of drug-likeness (QED) is 0.323. The van der Waals surface area contributed by atoms with E-state index in [2.05, 4.69) is 0 Å². The van der Waals surface area contributed by atoms with E-state index in [1.807, 2.05) is 38.2 Å². The number of rotatable bonds is 10. The molecule has 0 aromatic heterocycles. The zero-order chi connectivity index (χ0) is 17.4. The summed E-state index contributed by atoms with van der Waals surface area (Å²) >= 11 is 11.5. The molecule has 0 aliphatic carbocycles. The average Bonchev–Trinajstić information content (AvgIpc) is 2.39. The first-order valence-electron chi connectivity index (χ1n) is 7.26. The van der Waals surface area contributed by atoms with Crippen LogP contribution in [0, 0.1) is 0 Å². The number of carboxylic acids is 2. The minimum atomic E-state index is -1.01. The third-order valence-corrected chi connectivity index (χ3v) is 3.25. The fourth-order valence-corrected chi connectivity index (χ4v) is 2.09. The third kappa shape index (κ3) is 27.4. The van der Waals surface area contributed by atoms with Crippen LogP contribution < -0.4 is 10.2 Å². The number of alkyl halides is 2. The first kappa shape index (κ1) is 28.1. The van der Waals surface area contributed by atoms with E-state index in [0.717, 1.165) is 0 Å². The predicted molar refractivity (Wildman–Crippen MR) is 92.4 cm³/mol. The fraction of sp³-hybridized carbons (Fsp3) is 0.625. The van der Waals surface area contributed by atoms with Crippen molar-refractivity contribution >= 4 is 72.9 Å². The van der Waals surface area contributed by atoms with Crippen LogP contribution in [-0.2, 0) is 9.59 Å². The number of hydrogen-bond donors (Lipinski definition) is 0. The minimum Gasteiger partial charge on any atom is -0.550 e. The Morgan fingerprint density at radius 1 is 0.870 bits per heavy atom. The smallest absolute Gasteiger partial charge is 0.550 e. The van der Waals surface area contributed by atoms with Crippen LogP contribution in [0.15, 0.2) is 24.3 Å². The number of halogens is 2. The van der Waals surface area contributed by atoms with Gasteiger partial charge in [-0.15, -0.1) is 23.2 Å². The van der Waals surface area contributed by atoms with Crippen LogP contribution in [0.25, 0.3) is 0 Å². The van der Waals surface area contributed by atoms with Gasteiger partial charge in [0.05, 0.1) is 10.8 Å². The Labute approximate surface area is 178 Å². The van der Waals surface area contributed by atoms with Gasteiger partial charge >= 0.3 is 37.7 Å².